The van der Waals surface area contributed by atoms with Crippen molar-refractivity contribution in [3.05, 3.63) is 59.2 Å². The molecule has 1 aliphatic heterocycles. The number of hydrogen-bond donors (Lipinski definition) is 2. The topological polar surface area (TPSA) is 67.8 Å². The Balaban J connectivity index is 1.28. The van der Waals surface area contributed by atoms with Crippen molar-refractivity contribution in [2.45, 2.75) is 44.3 Å². The molecule has 0 saturated carbocycles. The minimum atomic E-state index is -0.685. The van der Waals surface area contributed by atoms with Gasteiger partial charge in [-0.1, -0.05) is 24.3 Å². The zero-order chi connectivity index (χ0) is 18.6. The van der Waals surface area contributed by atoms with Crippen molar-refractivity contribution < 1.29 is 19.4 Å². The van der Waals surface area contributed by atoms with Crippen LogP contribution >= 0.6 is 0 Å². The standard InChI is InChI=1S/C22H25NO4/c24-17(14-27-21-7-3-5-15-4-1-2-6-19(15)21)13-26-18-9-10-20-16(12-18)8-11-22(25)23-20/h1-2,4,6,9-10,12,17,21,24H,3,5,7-8,11,13-14H2,(H,23,25)/t17-,21-/m1/s1. The second-order valence-corrected chi connectivity index (χ2v) is 7.24. The number of carbonyl (C=O) groups is 1. The van der Waals surface area contributed by atoms with Gasteiger partial charge in [-0.15, -0.1) is 0 Å². The van der Waals surface area contributed by atoms with Gasteiger partial charge >= 0.3 is 0 Å². The number of aliphatic hydroxyl groups excluding tert-OH is 1. The van der Waals surface area contributed by atoms with Gasteiger partial charge in [-0.05, 0) is 60.6 Å². The van der Waals surface area contributed by atoms with E-state index in [1.54, 1.807) is 0 Å². The van der Waals surface area contributed by atoms with Gasteiger partial charge in [-0.3, -0.25) is 4.79 Å². The maximum atomic E-state index is 11.4. The van der Waals surface area contributed by atoms with Crippen LogP contribution in [0.15, 0.2) is 42.5 Å². The lowest BCUT2D eigenvalue weighted by Crippen LogP contribution is -2.26. The van der Waals surface area contributed by atoms with Crippen LogP contribution in [0.1, 0.15) is 42.1 Å². The quantitative estimate of drug-likeness (QED) is 0.821. The van der Waals surface area contributed by atoms with Gasteiger partial charge in [0.2, 0.25) is 5.91 Å². The van der Waals surface area contributed by atoms with E-state index in [4.69, 9.17) is 9.47 Å². The van der Waals surface area contributed by atoms with Gasteiger partial charge in [0.05, 0.1) is 12.7 Å². The first-order chi connectivity index (χ1) is 13.2. The number of amides is 1. The number of fused-ring (bicyclic) bond motifs is 2. The molecule has 2 aliphatic rings. The van der Waals surface area contributed by atoms with Crippen LogP contribution in [0.3, 0.4) is 0 Å². The van der Waals surface area contributed by atoms with Crippen LogP contribution in [-0.2, 0) is 22.4 Å². The maximum absolute atomic E-state index is 11.4. The van der Waals surface area contributed by atoms with Gasteiger partial charge in [0, 0.05) is 12.1 Å². The largest absolute Gasteiger partial charge is 0.491 e. The minimum Gasteiger partial charge on any atom is -0.491 e. The Morgan fingerprint density at radius 3 is 2.89 bits per heavy atom. The summed E-state index contributed by atoms with van der Waals surface area (Å²) in [6, 6.07) is 14.0. The first-order valence-electron chi connectivity index (χ1n) is 9.62. The molecule has 1 amide bonds. The van der Waals surface area contributed by atoms with Gasteiger partial charge in [0.25, 0.3) is 0 Å². The zero-order valence-corrected chi connectivity index (χ0v) is 15.3. The molecule has 2 aromatic carbocycles. The molecule has 142 valence electrons. The van der Waals surface area contributed by atoms with Crippen LogP contribution in [0, 0.1) is 0 Å². The Morgan fingerprint density at radius 2 is 1.96 bits per heavy atom. The molecule has 2 atom stereocenters. The van der Waals surface area contributed by atoms with Crippen molar-refractivity contribution >= 4 is 11.6 Å². The monoisotopic (exact) mass is 367 g/mol. The summed E-state index contributed by atoms with van der Waals surface area (Å²) in [5.74, 6) is 0.750. The van der Waals surface area contributed by atoms with Crippen LogP contribution in [0.2, 0.25) is 0 Å². The molecule has 0 fully saturated rings. The Bertz CT molecular complexity index is 820. The normalized spacial score (nSPS) is 19.6. The van der Waals surface area contributed by atoms with Crippen molar-refractivity contribution in [3.63, 3.8) is 0 Å². The van der Waals surface area contributed by atoms with Crippen molar-refractivity contribution in [1.29, 1.82) is 0 Å². The van der Waals surface area contributed by atoms with Crippen LogP contribution in [0.5, 0.6) is 5.75 Å². The van der Waals surface area contributed by atoms with Gasteiger partial charge in [0.1, 0.15) is 18.5 Å². The molecule has 5 heteroatoms. The fourth-order valence-corrected chi connectivity index (χ4v) is 3.80. The number of benzene rings is 2. The third-order valence-corrected chi connectivity index (χ3v) is 5.22. The summed E-state index contributed by atoms with van der Waals surface area (Å²) in [7, 11) is 0. The molecule has 0 aromatic heterocycles. The second kappa shape index (κ2) is 8.11. The van der Waals surface area contributed by atoms with Crippen molar-refractivity contribution in [2.75, 3.05) is 18.5 Å². The summed E-state index contributed by atoms with van der Waals surface area (Å²) in [5, 5.41) is 13.1. The molecule has 0 unspecified atom stereocenters. The summed E-state index contributed by atoms with van der Waals surface area (Å²) in [6.45, 7) is 0.430. The molecular formula is C22H25NO4. The first kappa shape index (κ1) is 18.0. The van der Waals surface area contributed by atoms with E-state index in [1.807, 2.05) is 24.3 Å². The predicted octanol–water partition coefficient (Wildman–Crippen LogP) is 3.41. The molecule has 2 aromatic rings. The summed E-state index contributed by atoms with van der Waals surface area (Å²) >= 11 is 0. The number of ether oxygens (including phenoxy) is 2. The summed E-state index contributed by atoms with van der Waals surface area (Å²) in [4.78, 5) is 11.4. The number of rotatable bonds is 6. The van der Waals surface area contributed by atoms with E-state index < -0.39 is 6.10 Å². The highest BCUT2D eigenvalue weighted by Crippen LogP contribution is 2.32. The van der Waals surface area contributed by atoms with Crippen molar-refractivity contribution in [2.24, 2.45) is 0 Å². The lowest BCUT2D eigenvalue weighted by atomic mass is 9.89. The van der Waals surface area contributed by atoms with Crippen molar-refractivity contribution in [3.8, 4) is 5.75 Å². The highest BCUT2D eigenvalue weighted by molar-refractivity contribution is 5.93. The molecule has 0 spiro atoms. The number of aliphatic hydroxyl groups is 1. The Morgan fingerprint density at radius 1 is 1.07 bits per heavy atom. The molecule has 1 heterocycles. The highest BCUT2D eigenvalue weighted by Gasteiger charge is 2.21. The maximum Gasteiger partial charge on any atom is 0.224 e. The second-order valence-electron chi connectivity index (χ2n) is 7.24. The van der Waals surface area contributed by atoms with Crippen LogP contribution in [-0.4, -0.2) is 30.3 Å². The highest BCUT2D eigenvalue weighted by atomic mass is 16.5. The fraction of sp³-hybridized carbons (Fsp3) is 0.409. The molecule has 0 saturated heterocycles. The fourth-order valence-electron chi connectivity index (χ4n) is 3.80. The minimum absolute atomic E-state index is 0.0491. The van der Waals surface area contributed by atoms with E-state index in [0.717, 1.165) is 30.5 Å². The molecule has 2 N–H and O–H groups in total. The summed E-state index contributed by atoms with van der Waals surface area (Å²) < 4.78 is 11.7. The van der Waals surface area contributed by atoms with Gasteiger partial charge in [0.15, 0.2) is 0 Å². The summed E-state index contributed by atoms with van der Waals surface area (Å²) in [6.07, 6.45) is 3.77. The Hall–Kier alpha value is -2.37. The first-order valence-corrected chi connectivity index (χ1v) is 9.62. The molecular weight excluding hydrogens is 342 g/mol. The predicted molar refractivity (Wildman–Crippen MR) is 103 cm³/mol. The van der Waals surface area contributed by atoms with Crippen LogP contribution in [0.25, 0.3) is 0 Å². The van der Waals surface area contributed by atoms with Gasteiger partial charge < -0.3 is 19.9 Å². The van der Waals surface area contributed by atoms with E-state index in [9.17, 15) is 9.90 Å². The van der Waals surface area contributed by atoms with E-state index in [-0.39, 0.29) is 25.2 Å². The number of nitrogens with one attached hydrogen (secondary N) is 1. The zero-order valence-electron chi connectivity index (χ0n) is 15.3. The molecule has 5 nitrogen and oxygen atoms in total. The SMILES string of the molecule is O=C1CCc2cc(OC[C@@H](O)CO[C@@H]3CCCc4ccccc43)ccc2N1. The van der Waals surface area contributed by atoms with Gasteiger partial charge in [-0.25, -0.2) is 0 Å². The molecule has 4 rings (SSSR count). The average Bonchev–Trinajstić information content (AvgIpc) is 2.70. The summed E-state index contributed by atoms with van der Waals surface area (Å²) in [5.41, 5.74) is 4.50. The van der Waals surface area contributed by atoms with Crippen LogP contribution in [0.4, 0.5) is 5.69 Å². The Kier molecular flexibility index (Phi) is 5.41. The third-order valence-electron chi connectivity index (χ3n) is 5.22. The molecule has 1 aliphatic carbocycles. The molecule has 0 radical (unpaired) electrons. The van der Waals surface area contributed by atoms with E-state index in [0.29, 0.717) is 18.6 Å². The smallest absolute Gasteiger partial charge is 0.224 e. The third kappa shape index (κ3) is 4.31. The van der Waals surface area contributed by atoms with E-state index in [1.165, 1.54) is 11.1 Å². The number of hydrogen-bond acceptors (Lipinski definition) is 4. The average molecular weight is 367 g/mol. The van der Waals surface area contributed by atoms with Crippen molar-refractivity contribution in [1.82, 2.24) is 0 Å². The number of carbonyl (C=O) groups excluding carboxylic acids is 1. The van der Waals surface area contributed by atoms with E-state index >= 15 is 0 Å². The number of aryl methyl sites for hydroxylation is 2. The lowest BCUT2D eigenvalue weighted by Gasteiger charge is -2.26. The lowest BCUT2D eigenvalue weighted by molar-refractivity contribution is -0.116. The Labute approximate surface area is 159 Å². The molecule has 0 bridgehead atoms. The van der Waals surface area contributed by atoms with Crippen LogP contribution < -0.4 is 10.1 Å². The molecule has 27 heavy (non-hydrogen) atoms. The van der Waals surface area contributed by atoms with Gasteiger partial charge in [-0.2, -0.15) is 0 Å². The number of anilines is 1. The van der Waals surface area contributed by atoms with E-state index in [2.05, 4.69) is 23.5 Å².